The zero-order valence-corrected chi connectivity index (χ0v) is 17.6. The molecular weight excluding hydrogens is 388 g/mol. The molecule has 4 aliphatic rings. The SMILES string of the molecule is O=C(NC12CC3CC(CC(O)(C3)C1)C2)c1cnc2c(c1)ncn2CCc1ccccc1. The molecule has 1 aromatic carbocycles. The first kappa shape index (κ1) is 19.0. The van der Waals surface area contributed by atoms with Crippen LogP contribution in [0.3, 0.4) is 0 Å². The average Bonchev–Trinajstić information content (AvgIpc) is 3.13. The number of imidazole rings is 1. The van der Waals surface area contributed by atoms with E-state index in [4.69, 9.17) is 0 Å². The number of nitrogens with zero attached hydrogens (tertiary/aromatic N) is 3. The number of hydrogen-bond acceptors (Lipinski definition) is 4. The van der Waals surface area contributed by atoms with Gasteiger partial charge in [-0.1, -0.05) is 30.3 Å². The minimum Gasteiger partial charge on any atom is -0.390 e. The van der Waals surface area contributed by atoms with Gasteiger partial charge in [0.05, 0.1) is 17.5 Å². The minimum atomic E-state index is -0.586. The molecule has 2 unspecified atom stereocenters. The molecule has 1 amide bonds. The number of carbonyl (C=O) groups is 1. The number of aryl methyl sites for hydroxylation is 2. The fourth-order valence-electron chi connectivity index (χ4n) is 6.80. The first-order chi connectivity index (χ1) is 15.0. The molecule has 2 aromatic heterocycles. The molecule has 3 aromatic rings. The van der Waals surface area contributed by atoms with Crippen LogP contribution in [0.15, 0.2) is 48.9 Å². The van der Waals surface area contributed by atoms with Crippen LogP contribution in [-0.2, 0) is 13.0 Å². The van der Waals surface area contributed by atoms with Crippen molar-refractivity contribution in [3.63, 3.8) is 0 Å². The van der Waals surface area contributed by atoms with Crippen LogP contribution >= 0.6 is 0 Å². The fourth-order valence-corrected chi connectivity index (χ4v) is 6.80. The van der Waals surface area contributed by atoms with Gasteiger partial charge in [-0.15, -0.1) is 0 Å². The van der Waals surface area contributed by atoms with E-state index in [0.717, 1.165) is 49.8 Å². The smallest absolute Gasteiger partial charge is 0.253 e. The van der Waals surface area contributed by atoms with Crippen LogP contribution in [0.1, 0.15) is 54.4 Å². The molecule has 7 rings (SSSR count). The molecule has 0 saturated heterocycles. The molecular formula is C25H28N4O2. The van der Waals surface area contributed by atoms with Crippen molar-refractivity contribution >= 4 is 17.1 Å². The second kappa shape index (κ2) is 6.89. The lowest BCUT2D eigenvalue weighted by Gasteiger charge is -2.60. The van der Waals surface area contributed by atoms with Crippen molar-refractivity contribution in [2.75, 3.05) is 0 Å². The Hall–Kier alpha value is -2.73. The van der Waals surface area contributed by atoms with Crippen LogP contribution in [0.4, 0.5) is 0 Å². The minimum absolute atomic E-state index is 0.0983. The third-order valence-corrected chi connectivity index (χ3v) is 7.61. The standard InChI is InChI=1S/C25H28N4O2/c30-23(28-24-10-18-8-19(11-24)13-25(31,12-18)15-24)20-9-21-22(26-14-20)29(16-27-21)7-6-17-4-2-1-3-5-17/h1-5,9,14,16,18-19,31H,6-8,10-13,15H2,(H,28,30). The molecule has 4 fully saturated rings. The Labute approximate surface area is 181 Å². The lowest BCUT2D eigenvalue weighted by molar-refractivity contribution is -0.139. The monoisotopic (exact) mass is 416 g/mol. The van der Waals surface area contributed by atoms with Crippen molar-refractivity contribution < 1.29 is 9.90 Å². The summed E-state index contributed by atoms with van der Waals surface area (Å²) >= 11 is 0. The summed E-state index contributed by atoms with van der Waals surface area (Å²) < 4.78 is 2.04. The number of carbonyl (C=O) groups excluding carboxylic acids is 1. The molecule has 4 saturated carbocycles. The maximum absolute atomic E-state index is 13.1. The predicted octanol–water partition coefficient (Wildman–Crippen LogP) is 3.49. The maximum Gasteiger partial charge on any atom is 0.253 e. The quantitative estimate of drug-likeness (QED) is 0.667. The van der Waals surface area contributed by atoms with E-state index in [-0.39, 0.29) is 11.4 Å². The molecule has 6 heteroatoms. The van der Waals surface area contributed by atoms with Gasteiger partial charge in [0, 0.05) is 18.3 Å². The first-order valence-corrected chi connectivity index (χ1v) is 11.4. The van der Waals surface area contributed by atoms with Gasteiger partial charge in [0.2, 0.25) is 0 Å². The van der Waals surface area contributed by atoms with E-state index in [9.17, 15) is 9.90 Å². The van der Waals surface area contributed by atoms with Gasteiger partial charge in [-0.2, -0.15) is 0 Å². The summed E-state index contributed by atoms with van der Waals surface area (Å²) in [6, 6.07) is 12.2. The molecule has 2 N–H and O–H groups in total. The van der Waals surface area contributed by atoms with Gasteiger partial charge in [0.25, 0.3) is 5.91 Å². The van der Waals surface area contributed by atoms with Crippen molar-refractivity contribution in [3.8, 4) is 0 Å². The number of fused-ring (bicyclic) bond motifs is 1. The topological polar surface area (TPSA) is 80.0 Å². The highest BCUT2D eigenvalue weighted by Crippen LogP contribution is 2.57. The van der Waals surface area contributed by atoms with E-state index >= 15 is 0 Å². The van der Waals surface area contributed by atoms with Gasteiger partial charge >= 0.3 is 0 Å². The number of amides is 1. The van der Waals surface area contributed by atoms with Crippen LogP contribution < -0.4 is 5.32 Å². The number of pyridine rings is 1. The molecule has 4 aliphatic carbocycles. The Kier molecular flexibility index (Phi) is 4.22. The molecule has 31 heavy (non-hydrogen) atoms. The zero-order valence-electron chi connectivity index (χ0n) is 17.6. The first-order valence-electron chi connectivity index (χ1n) is 11.4. The zero-order chi connectivity index (χ0) is 21.1. The highest BCUT2D eigenvalue weighted by molar-refractivity contribution is 5.96. The number of aromatic nitrogens is 3. The molecule has 0 spiro atoms. The average molecular weight is 417 g/mol. The van der Waals surface area contributed by atoms with Gasteiger partial charge in [0.1, 0.15) is 5.52 Å². The van der Waals surface area contributed by atoms with E-state index in [1.54, 1.807) is 12.5 Å². The van der Waals surface area contributed by atoms with Crippen LogP contribution in [0.25, 0.3) is 11.2 Å². The summed E-state index contributed by atoms with van der Waals surface area (Å²) in [4.78, 5) is 22.2. The summed E-state index contributed by atoms with van der Waals surface area (Å²) in [6.07, 6.45) is 10.0. The molecule has 0 radical (unpaired) electrons. The van der Waals surface area contributed by atoms with E-state index in [0.29, 0.717) is 23.8 Å². The van der Waals surface area contributed by atoms with Crippen LogP contribution in [0.5, 0.6) is 0 Å². The molecule has 2 atom stereocenters. The normalized spacial score (nSPS) is 31.3. The third-order valence-electron chi connectivity index (χ3n) is 7.61. The largest absolute Gasteiger partial charge is 0.390 e. The van der Waals surface area contributed by atoms with E-state index in [1.165, 1.54) is 12.0 Å². The van der Waals surface area contributed by atoms with E-state index in [1.807, 2.05) is 28.8 Å². The van der Waals surface area contributed by atoms with Crippen LogP contribution in [0.2, 0.25) is 0 Å². The van der Waals surface area contributed by atoms with Gasteiger partial charge < -0.3 is 15.0 Å². The van der Waals surface area contributed by atoms with Crippen LogP contribution in [-0.4, -0.2) is 36.7 Å². The van der Waals surface area contributed by atoms with E-state index < -0.39 is 5.60 Å². The second-order valence-corrected chi connectivity index (χ2v) is 10.2. The summed E-state index contributed by atoms with van der Waals surface area (Å²) in [5.41, 5.74) is 2.51. The van der Waals surface area contributed by atoms with Gasteiger partial charge in [-0.25, -0.2) is 9.97 Å². The number of hydrogen-bond donors (Lipinski definition) is 2. The Balaban J connectivity index is 1.19. The molecule has 6 nitrogen and oxygen atoms in total. The Morgan fingerprint density at radius 3 is 2.65 bits per heavy atom. The molecule has 0 aliphatic heterocycles. The van der Waals surface area contributed by atoms with Crippen LogP contribution in [0, 0.1) is 11.8 Å². The fraction of sp³-hybridized carbons (Fsp3) is 0.480. The van der Waals surface area contributed by atoms with Crippen molar-refractivity contribution in [3.05, 3.63) is 60.0 Å². The van der Waals surface area contributed by atoms with E-state index in [2.05, 4.69) is 27.4 Å². The van der Waals surface area contributed by atoms with Gasteiger partial charge in [-0.3, -0.25) is 4.79 Å². The van der Waals surface area contributed by atoms with Crippen molar-refractivity contribution in [1.29, 1.82) is 0 Å². The molecule has 4 bridgehead atoms. The lowest BCUT2D eigenvalue weighted by Crippen LogP contribution is -2.65. The van der Waals surface area contributed by atoms with Gasteiger partial charge in [0.15, 0.2) is 5.65 Å². The summed E-state index contributed by atoms with van der Waals surface area (Å²) in [5, 5.41) is 14.3. The maximum atomic E-state index is 13.1. The Bertz CT molecular complexity index is 1120. The van der Waals surface area contributed by atoms with Crippen molar-refractivity contribution in [2.24, 2.45) is 11.8 Å². The number of benzene rings is 1. The number of nitrogens with one attached hydrogen (secondary N) is 1. The number of aliphatic hydroxyl groups is 1. The third kappa shape index (κ3) is 3.43. The lowest BCUT2D eigenvalue weighted by atomic mass is 9.51. The summed E-state index contributed by atoms with van der Waals surface area (Å²) in [6.45, 7) is 0.795. The number of rotatable bonds is 5. The summed E-state index contributed by atoms with van der Waals surface area (Å²) in [7, 11) is 0. The highest BCUT2D eigenvalue weighted by Gasteiger charge is 2.57. The van der Waals surface area contributed by atoms with Gasteiger partial charge in [-0.05, 0) is 68.4 Å². The highest BCUT2D eigenvalue weighted by atomic mass is 16.3. The van der Waals surface area contributed by atoms with Crippen molar-refractivity contribution in [1.82, 2.24) is 19.9 Å². The summed E-state index contributed by atoms with van der Waals surface area (Å²) in [5.74, 6) is 0.971. The Morgan fingerprint density at radius 2 is 1.90 bits per heavy atom. The molecule has 2 heterocycles. The molecule has 160 valence electrons. The predicted molar refractivity (Wildman–Crippen MR) is 118 cm³/mol. The second-order valence-electron chi connectivity index (χ2n) is 10.2. The Morgan fingerprint density at radius 1 is 1.13 bits per heavy atom. The van der Waals surface area contributed by atoms with Crippen molar-refractivity contribution in [2.45, 2.75) is 62.6 Å².